The van der Waals surface area contributed by atoms with Crippen LogP contribution in [-0.4, -0.2) is 50.0 Å². The first-order valence-corrected chi connectivity index (χ1v) is 6.96. The van der Waals surface area contributed by atoms with E-state index in [1.165, 1.54) is 13.8 Å². The Labute approximate surface area is 116 Å². The zero-order valence-corrected chi connectivity index (χ0v) is 12.2. The lowest BCUT2D eigenvalue weighted by Gasteiger charge is -2.19. The molecule has 1 heterocycles. The van der Waals surface area contributed by atoms with Gasteiger partial charge in [-0.3, -0.25) is 4.79 Å². The van der Waals surface area contributed by atoms with Gasteiger partial charge in [0.1, 0.15) is 17.4 Å². The number of hydrogen-bond donors (Lipinski definition) is 1. The average Bonchev–Trinajstić information content (AvgIpc) is 2.78. The summed E-state index contributed by atoms with van der Waals surface area (Å²) in [6, 6.07) is -0.256. The summed E-state index contributed by atoms with van der Waals surface area (Å²) in [5, 5.41) is 8.33. The summed E-state index contributed by atoms with van der Waals surface area (Å²) < 4.78 is 34.5. The number of aryl methyl sites for hydroxylation is 1. The zero-order chi connectivity index (χ0) is 15.7. The molecule has 0 spiro atoms. The molecule has 0 fully saturated rings. The lowest BCUT2D eigenvalue weighted by atomic mass is 10.3. The van der Waals surface area contributed by atoms with Crippen molar-refractivity contribution in [2.75, 3.05) is 14.2 Å². The number of carbonyl (C=O) groups is 2. The summed E-state index contributed by atoms with van der Waals surface area (Å²) in [6.07, 6.45) is 0. The Morgan fingerprint density at radius 1 is 1.45 bits per heavy atom. The highest BCUT2D eigenvalue weighted by atomic mass is 32.2. The fourth-order valence-corrected chi connectivity index (χ4v) is 2.69. The number of esters is 1. The molecule has 0 amide bonds. The highest BCUT2D eigenvalue weighted by Gasteiger charge is 2.33. The van der Waals surface area contributed by atoms with E-state index in [-0.39, 0.29) is 11.3 Å². The normalized spacial score (nSPS) is 13.2. The number of carboxylic acid groups (broad SMARTS) is 1. The topological polar surface area (TPSA) is 114 Å². The molecule has 1 aromatic rings. The molecule has 1 rings (SSSR count). The van der Waals surface area contributed by atoms with Crippen molar-refractivity contribution in [1.29, 1.82) is 0 Å². The van der Waals surface area contributed by atoms with Crippen LogP contribution in [0.15, 0.2) is 15.6 Å². The van der Waals surface area contributed by atoms with Gasteiger partial charge in [-0.05, 0) is 13.8 Å². The number of methoxy groups -OCH3 is 1. The number of nitrogens with zero attached hydrogens (tertiary/aromatic N) is 1. The van der Waals surface area contributed by atoms with Crippen LogP contribution in [0, 0.1) is 6.92 Å². The number of ether oxygens (including phenoxy) is 1. The van der Waals surface area contributed by atoms with E-state index in [1.54, 1.807) is 0 Å². The highest BCUT2D eigenvalue weighted by Crippen LogP contribution is 2.23. The van der Waals surface area contributed by atoms with Crippen LogP contribution in [0.2, 0.25) is 0 Å². The molecule has 1 atom stereocenters. The quantitative estimate of drug-likeness (QED) is 0.786. The Balaban J connectivity index is 3.24. The van der Waals surface area contributed by atoms with Crippen molar-refractivity contribution in [1.82, 2.24) is 4.31 Å². The first-order chi connectivity index (χ1) is 9.12. The summed E-state index contributed by atoms with van der Waals surface area (Å²) in [5.41, 5.74) is -0.0255. The first kappa shape index (κ1) is 16.2. The SMILES string of the molecule is COC(=O)c1cc(S(=O)(=O)N(C)[C@@H](C)C(=O)O)oc1C. The lowest BCUT2D eigenvalue weighted by molar-refractivity contribution is -0.140. The summed E-state index contributed by atoms with van der Waals surface area (Å²) in [5.74, 6) is -1.96. The predicted molar refractivity (Wildman–Crippen MR) is 66.8 cm³/mol. The van der Waals surface area contributed by atoms with E-state index in [0.29, 0.717) is 4.31 Å². The van der Waals surface area contributed by atoms with Crippen LogP contribution in [0.25, 0.3) is 0 Å². The maximum Gasteiger partial charge on any atom is 0.341 e. The summed E-state index contributed by atoms with van der Waals surface area (Å²) in [6.45, 7) is 2.63. The minimum Gasteiger partial charge on any atom is -0.480 e. The van der Waals surface area contributed by atoms with E-state index < -0.39 is 33.1 Å². The maximum absolute atomic E-state index is 12.2. The molecule has 0 radical (unpaired) electrons. The van der Waals surface area contributed by atoms with Crippen molar-refractivity contribution in [2.24, 2.45) is 0 Å². The molecule has 0 aliphatic carbocycles. The molecule has 0 aliphatic heterocycles. The second kappa shape index (κ2) is 5.63. The number of likely N-dealkylation sites (N-methyl/N-ethyl adjacent to an activating group) is 1. The lowest BCUT2D eigenvalue weighted by Crippen LogP contribution is -2.40. The van der Waals surface area contributed by atoms with Crippen molar-refractivity contribution in [3.63, 3.8) is 0 Å². The van der Waals surface area contributed by atoms with Crippen molar-refractivity contribution >= 4 is 22.0 Å². The van der Waals surface area contributed by atoms with Crippen molar-refractivity contribution in [3.05, 3.63) is 17.4 Å². The van der Waals surface area contributed by atoms with Crippen LogP contribution in [-0.2, 0) is 19.6 Å². The number of sulfonamides is 1. The van der Waals surface area contributed by atoms with Crippen LogP contribution >= 0.6 is 0 Å². The van der Waals surface area contributed by atoms with Gasteiger partial charge in [-0.1, -0.05) is 0 Å². The number of rotatable bonds is 5. The van der Waals surface area contributed by atoms with Crippen LogP contribution < -0.4 is 0 Å². The van der Waals surface area contributed by atoms with Crippen LogP contribution in [0.3, 0.4) is 0 Å². The third kappa shape index (κ3) is 2.83. The van der Waals surface area contributed by atoms with Crippen LogP contribution in [0.4, 0.5) is 0 Å². The molecule has 8 nitrogen and oxygen atoms in total. The van der Waals surface area contributed by atoms with Gasteiger partial charge in [-0.15, -0.1) is 0 Å². The van der Waals surface area contributed by atoms with Gasteiger partial charge in [0.15, 0.2) is 0 Å². The van der Waals surface area contributed by atoms with Crippen LogP contribution in [0.5, 0.6) is 0 Å². The van der Waals surface area contributed by atoms with E-state index in [9.17, 15) is 18.0 Å². The van der Waals surface area contributed by atoms with E-state index in [1.807, 2.05) is 0 Å². The van der Waals surface area contributed by atoms with Gasteiger partial charge in [-0.25, -0.2) is 13.2 Å². The standard InChI is InChI=1S/C11H15NO7S/c1-6(10(13)14)12(3)20(16,17)9-5-8(7(2)19-9)11(15)18-4/h5-6H,1-4H3,(H,13,14)/t6-/m0/s1. The predicted octanol–water partition coefficient (Wildman–Crippen LogP) is 0.468. The van der Waals surface area contributed by atoms with Gasteiger partial charge < -0.3 is 14.3 Å². The minimum absolute atomic E-state index is 0.0255. The molecule has 0 unspecified atom stereocenters. The van der Waals surface area contributed by atoms with Crippen LogP contribution in [0.1, 0.15) is 23.0 Å². The molecular formula is C11H15NO7S. The number of hydrogen-bond acceptors (Lipinski definition) is 6. The number of aliphatic carboxylic acids is 1. The van der Waals surface area contributed by atoms with Gasteiger partial charge >= 0.3 is 11.9 Å². The second-order valence-electron chi connectivity index (χ2n) is 4.06. The Kier molecular flexibility index (Phi) is 4.56. The first-order valence-electron chi connectivity index (χ1n) is 5.52. The number of carbonyl (C=O) groups excluding carboxylic acids is 1. The Morgan fingerprint density at radius 2 is 2.00 bits per heavy atom. The molecule has 0 aliphatic rings. The maximum atomic E-state index is 12.2. The molecule has 112 valence electrons. The van der Waals surface area contributed by atoms with Gasteiger partial charge in [0.05, 0.1) is 7.11 Å². The van der Waals surface area contributed by atoms with E-state index in [0.717, 1.165) is 20.2 Å². The zero-order valence-electron chi connectivity index (χ0n) is 11.4. The van der Waals surface area contributed by atoms with Gasteiger partial charge in [-0.2, -0.15) is 4.31 Å². The molecular weight excluding hydrogens is 290 g/mol. The summed E-state index contributed by atoms with van der Waals surface area (Å²) in [4.78, 5) is 22.2. The fraction of sp³-hybridized carbons (Fsp3) is 0.455. The Bertz CT molecular complexity index is 631. The Hall–Kier alpha value is -1.87. The number of furan rings is 1. The van der Waals surface area contributed by atoms with Crippen molar-refractivity contribution in [2.45, 2.75) is 25.0 Å². The molecule has 1 N–H and O–H groups in total. The average molecular weight is 305 g/mol. The van der Waals surface area contributed by atoms with Gasteiger partial charge in [0.2, 0.25) is 5.09 Å². The van der Waals surface area contributed by atoms with Crippen molar-refractivity contribution < 1.29 is 32.3 Å². The van der Waals surface area contributed by atoms with Gasteiger partial charge in [0, 0.05) is 13.1 Å². The summed E-state index contributed by atoms with van der Waals surface area (Å²) in [7, 11) is -1.88. The minimum atomic E-state index is -4.15. The highest BCUT2D eigenvalue weighted by molar-refractivity contribution is 7.89. The van der Waals surface area contributed by atoms with E-state index in [2.05, 4.69) is 4.74 Å². The molecule has 20 heavy (non-hydrogen) atoms. The second-order valence-corrected chi connectivity index (χ2v) is 5.99. The van der Waals surface area contributed by atoms with Crippen molar-refractivity contribution in [3.8, 4) is 0 Å². The molecule has 0 bridgehead atoms. The third-order valence-electron chi connectivity index (χ3n) is 2.84. The number of carboxylic acids is 1. The van der Waals surface area contributed by atoms with E-state index >= 15 is 0 Å². The largest absolute Gasteiger partial charge is 0.480 e. The molecule has 0 saturated heterocycles. The monoisotopic (exact) mass is 305 g/mol. The smallest absolute Gasteiger partial charge is 0.341 e. The molecule has 9 heteroatoms. The molecule has 0 aromatic carbocycles. The van der Waals surface area contributed by atoms with Gasteiger partial charge in [0.25, 0.3) is 10.0 Å². The summed E-state index contributed by atoms with van der Waals surface area (Å²) >= 11 is 0. The third-order valence-corrected chi connectivity index (χ3v) is 4.62. The fourth-order valence-electron chi connectivity index (χ4n) is 1.40. The molecule has 1 aromatic heterocycles. The molecule has 0 saturated carbocycles. The van der Waals surface area contributed by atoms with E-state index in [4.69, 9.17) is 9.52 Å². The Morgan fingerprint density at radius 3 is 2.45 bits per heavy atom.